The summed E-state index contributed by atoms with van der Waals surface area (Å²) in [5.41, 5.74) is 1.97. The van der Waals surface area contributed by atoms with Crippen molar-refractivity contribution >= 4 is 5.91 Å². The van der Waals surface area contributed by atoms with E-state index in [1.54, 1.807) is 20.8 Å². The van der Waals surface area contributed by atoms with E-state index in [-0.39, 0.29) is 12.5 Å². The SMILES string of the molecule is Cc1n[nH]c(C)c1C(=O)NC[C@@H](C)O. The summed E-state index contributed by atoms with van der Waals surface area (Å²) in [5.74, 6) is -0.199. The Hall–Kier alpha value is -1.36. The van der Waals surface area contributed by atoms with Crippen LogP contribution in [0.25, 0.3) is 0 Å². The Morgan fingerprint density at radius 3 is 2.71 bits per heavy atom. The van der Waals surface area contributed by atoms with E-state index in [2.05, 4.69) is 15.5 Å². The van der Waals surface area contributed by atoms with Crippen molar-refractivity contribution < 1.29 is 9.90 Å². The molecule has 78 valence electrons. The van der Waals surface area contributed by atoms with Gasteiger partial charge in [-0.15, -0.1) is 0 Å². The zero-order chi connectivity index (χ0) is 10.7. The summed E-state index contributed by atoms with van der Waals surface area (Å²) < 4.78 is 0. The number of carbonyl (C=O) groups is 1. The van der Waals surface area contributed by atoms with Crippen molar-refractivity contribution in [1.29, 1.82) is 0 Å². The minimum absolute atomic E-state index is 0.199. The van der Waals surface area contributed by atoms with Gasteiger partial charge in [-0.25, -0.2) is 0 Å². The fourth-order valence-electron chi connectivity index (χ4n) is 1.21. The van der Waals surface area contributed by atoms with Gasteiger partial charge < -0.3 is 10.4 Å². The van der Waals surface area contributed by atoms with E-state index in [1.165, 1.54) is 0 Å². The van der Waals surface area contributed by atoms with Gasteiger partial charge in [0.2, 0.25) is 0 Å². The molecule has 1 atom stereocenters. The number of aryl methyl sites for hydroxylation is 2. The monoisotopic (exact) mass is 197 g/mol. The summed E-state index contributed by atoms with van der Waals surface area (Å²) in [5, 5.41) is 18.3. The van der Waals surface area contributed by atoms with Crippen molar-refractivity contribution in [3.8, 4) is 0 Å². The third-order valence-corrected chi connectivity index (χ3v) is 1.91. The molecule has 0 aromatic carbocycles. The van der Waals surface area contributed by atoms with Crippen LogP contribution in [0.2, 0.25) is 0 Å². The average Bonchev–Trinajstić information content (AvgIpc) is 2.42. The Labute approximate surface area is 82.5 Å². The highest BCUT2D eigenvalue weighted by molar-refractivity contribution is 5.96. The number of nitrogens with one attached hydrogen (secondary N) is 2. The van der Waals surface area contributed by atoms with Crippen molar-refractivity contribution in [1.82, 2.24) is 15.5 Å². The summed E-state index contributed by atoms with van der Waals surface area (Å²) in [4.78, 5) is 11.6. The van der Waals surface area contributed by atoms with Gasteiger partial charge in [0.15, 0.2) is 0 Å². The fraction of sp³-hybridized carbons (Fsp3) is 0.556. The zero-order valence-electron chi connectivity index (χ0n) is 8.59. The van der Waals surface area contributed by atoms with Crippen molar-refractivity contribution in [2.24, 2.45) is 0 Å². The molecule has 0 saturated heterocycles. The van der Waals surface area contributed by atoms with Gasteiger partial charge in [-0.1, -0.05) is 0 Å². The molecule has 0 fully saturated rings. The van der Waals surface area contributed by atoms with E-state index in [1.807, 2.05) is 0 Å². The molecule has 0 aliphatic heterocycles. The molecule has 0 aliphatic rings. The van der Waals surface area contributed by atoms with Gasteiger partial charge in [0.1, 0.15) is 0 Å². The average molecular weight is 197 g/mol. The van der Waals surface area contributed by atoms with Gasteiger partial charge in [-0.3, -0.25) is 9.89 Å². The number of hydrogen-bond acceptors (Lipinski definition) is 3. The molecule has 0 radical (unpaired) electrons. The van der Waals surface area contributed by atoms with Crippen molar-refractivity contribution in [2.45, 2.75) is 26.9 Å². The summed E-state index contributed by atoms with van der Waals surface area (Å²) in [7, 11) is 0. The molecule has 5 heteroatoms. The Morgan fingerprint density at radius 2 is 2.29 bits per heavy atom. The van der Waals surface area contributed by atoms with Gasteiger partial charge in [0.05, 0.1) is 17.4 Å². The number of H-pyrrole nitrogens is 1. The number of aromatic amines is 1. The van der Waals surface area contributed by atoms with E-state index in [9.17, 15) is 4.79 Å². The summed E-state index contributed by atoms with van der Waals surface area (Å²) in [6.45, 7) is 5.43. The largest absolute Gasteiger partial charge is 0.392 e. The topological polar surface area (TPSA) is 78.0 Å². The molecule has 3 N–H and O–H groups in total. The lowest BCUT2D eigenvalue weighted by Crippen LogP contribution is -2.31. The zero-order valence-corrected chi connectivity index (χ0v) is 8.59. The maximum Gasteiger partial charge on any atom is 0.255 e. The Bertz CT molecular complexity index is 311. The van der Waals surface area contributed by atoms with Crippen LogP contribution in [0, 0.1) is 13.8 Å². The highest BCUT2D eigenvalue weighted by atomic mass is 16.3. The number of amides is 1. The van der Waals surface area contributed by atoms with E-state index in [0.29, 0.717) is 11.3 Å². The van der Waals surface area contributed by atoms with Crippen LogP contribution in [0.5, 0.6) is 0 Å². The van der Waals surface area contributed by atoms with Crippen LogP contribution >= 0.6 is 0 Å². The molecule has 5 nitrogen and oxygen atoms in total. The molecule has 0 bridgehead atoms. The van der Waals surface area contributed by atoms with Crippen LogP contribution in [0.4, 0.5) is 0 Å². The number of hydrogen-bond donors (Lipinski definition) is 3. The number of rotatable bonds is 3. The third-order valence-electron chi connectivity index (χ3n) is 1.91. The van der Waals surface area contributed by atoms with Crippen LogP contribution in [-0.2, 0) is 0 Å². The van der Waals surface area contributed by atoms with Crippen molar-refractivity contribution in [2.75, 3.05) is 6.54 Å². The fourth-order valence-corrected chi connectivity index (χ4v) is 1.21. The molecule has 1 amide bonds. The first kappa shape index (κ1) is 10.7. The lowest BCUT2D eigenvalue weighted by Gasteiger charge is -2.06. The highest BCUT2D eigenvalue weighted by Crippen LogP contribution is 2.08. The first-order valence-corrected chi connectivity index (χ1v) is 4.50. The second-order valence-electron chi connectivity index (χ2n) is 3.37. The third kappa shape index (κ3) is 2.32. The van der Waals surface area contributed by atoms with Gasteiger partial charge in [-0.05, 0) is 20.8 Å². The molecular formula is C9H15N3O2. The number of carbonyl (C=O) groups excluding carboxylic acids is 1. The molecule has 0 spiro atoms. The molecule has 1 heterocycles. The number of aliphatic hydroxyl groups excluding tert-OH is 1. The smallest absolute Gasteiger partial charge is 0.255 e. The van der Waals surface area contributed by atoms with E-state index >= 15 is 0 Å². The molecule has 14 heavy (non-hydrogen) atoms. The second-order valence-corrected chi connectivity index (χ2v) is 3.37. The number of nitrogens with zero attached hydrogens (tertiary/aromatic N) is 1. The summed E-state index contributed by atoms with van der Waals surface area (Å²) >= 11 is 0. The van der Waals surface area contributed by atoms with Crippen molar-refractivity contribution in [3.05, 3.63) is 17.0 Å². The minimum atomic E-state index is -0.536. The second kappa shape index (κ2) is 4.23. The summed E-state index contributed by atoms with van der Waals surface area (Å²) in [6.07, 6.45) is -0.536. The quantitative estimate of drug-likeness (QED) is 0.644. The van der Waals surface area contributed by atoms with Crippen LogP contribution < -0.4 is 5.32 Å². The van der Waals surface area contributed by atoms with Gasteiger partial charge in [0.25, 0.3) is 5.91 Å². The standard InChI is InChI=1S/C9H15N3O2/c1-5(13)4-10-9(14)8-6(2)11-12-7(8)3/h5,13H,4H2,1-3H3,(H,10,14)(H,11,12)/t5-/m1/s1. The van der Waals surface area contributed by atoms with Crippen LogP contribution in [0.1, 0.15) is 28.7 Å². The normalized spacial score (nSPS) is 12.6. The maximum absolute atomic E-state index is 11.6. The van der Waals surface area contributed by atoms with E-state index < -0.39 is 6.10 Å². The van der Waals surface area contributed by atoms with E-state index in [4.69, 9.17) is 5.11 Å². The predicted octanol–water partition coefficient (Wildman–Crippen LogP) is 0.137. The maximum atomic E-state index is 11.6. The Morgan fingerprint density at radius 1 is 1.64 bits per heavy atom. The first-order chi connectivity index (χ1) is 6.52. The number of aliphatic hydroxyl groups is 1. The van der Waals surface area contributed by atoms with Gasteiger partial charge in [-0.2, -0.15) is 5.10 Å². The van der Waals surface area contributed by atoms with Gasteiger partial charge in [0, 0.05) is 12.2 Å². The molecule has 0 saturated carbocycles. The Balaban J connectivity index is 2.70. The first-order valence-electron chi connectivity index (χ1n) is 4.50. The molecule has 1 rings (SSSR count). The molecular weight excluding hydrogens is 182 g/mol. The summed E-state index contributed by atoms with van der Waals surface area (Å²) in [6, 6.07) is 0. The minimum Gasteiger partial charge on any atom is -0.392 e. The molecule has 0 aliphatic carbocycles. The molecule has 1 aromatic heterocycles. The van der Waals surface area contributed by atoms with Crippen LogP contribution in [0.3, 0.4) is 0 Å². The predicted molar refractivity (Wildman–Crippen MR) is 52.1 cm³/mol. The molecule has 0 unspecified atom stereocenters. The van der Waals surface area contributed by atoms with Crippen molar-refractivity contribution in [3.63, 3.8) is 0 Å². The lowest BCUT2D eigenvalue weighted by atomic mass is 10.2. The molecule has 1 aromatic rings. The van der Waals surface area contributed by atoms with Crippen LogP contribution in [-0.4, -0.2) is 33.9 Å². The van der Waals surface area contributed by atoms with Gasteiger partial charge >= 0.3 is 0 Å². The van der Waals surface area contributed by atoms with Crippen LogP contribution in [0.15, 0.2) is 0 Å². The Kier molecular flexibility index (Phi) is 3.24. The number of aromatic nitrogens is 2. The lowest BCUT2D eigenvalue weighted by molar-refractivity contribution is 0.0923. The highest BCUT2D eigenvalue weighted by Gasteiger charge is 2.14. The van der Waals surface area contributed by atoms with E-state index in [0.717, 1.165) is 5.69 Å².